The molecule has 0 spiro atoms. The molecule has 0 aliphatic carbocycles. The van der Waals surface area contributed by atoms with Crippen molar-refractivity contribution in [1.82, 2.24) is 20.7 Å². The van der Waals surface area contributed by atoms with E-state index < -0.39 is 17.9 Å². The van der Waals surface area contributed by atoms with E-state index in [0.29, 0.717) is 6.42 Å². The van der Waals surface area contributed by atoms with E-state index >= 15 is 0 Å². The van der Waals surface area contributed by atoms with E-state index in [0.717, 1.165) is 0 Å². The number of carbonyl (C=O) groups is 2. The molecule has 0 aliphatic heterocycles. The van der Waals surface area contributed by atoms with Crippen molar-refractivity contribution in [3.8, 4) is 0 Å². The molecule has 0 radical (unpaired) electrons. The highest BCUT2D eigenvalue weighted by Crippen LogP contribution is 1.94. The van der Waals surface area contributed by atoms with Gasteiger partial charge in [-0.25, -0.2) is 4.79 Å². The normalized spacial score (nSPS) is 12.1. The van der Waals surface area contributed by atoms with Crippen molar-refractivity contribution in [2.24, 2.45) is 0 Å². The molecule has 0 bridgehead atoms. The Labute approximate surface area is 79.5 Å². The summed E-state index contributed by atoms with van der Waals surface area (Å²) in [5.74, 6) is -1.61. The van der Waals surface area contributed by atoms with Gasteiger partial charge in [-0.3, -0.25) is 4.79 Å². The quantitative estimate of drug-likeness (QED) is 0.598. The predicted molar refractivity (Wildman–Crippen MR) is 45.6 cm³/mol. The largest absolute Gasteiger partial charge is 0.480 e. The van der Waals surface area contributed by atoms with Crippen molar-refractivity contribution in [3.63, 3.8) is 0 Å². The molecular formula is C7H10N4O3. The number of aromatic nitrogens is 3. The van der Waals surface area contributed by atoms with Gasteiger partial charge in [0.1, 0.15) is 6.04 Å². The fraction of sp³-hybridized carbons (Fsp3) is 0.429. The van der Waals surface area contributed by atoms with E-state index in [1.165, 1.54) is 6.20 Å². The zero-order valence-electron chi connectivity index (χ0n) is 7.52. The van der Waals surface area contributed by atoms with E-state index in [2.05, 4.69) is 20.7 Å². The van der Waals surface area contributed by atoms with Crippen LogP contribution in [0.5, 0.6) is 0 Å². The van der Waals surface area contributed by atoms with Crippen molar-refractivity contribution >= 4 is 11.9 Å². The summed E-state index contributed by atoms with van der Waals surface area (Å²) in [7, 11) is 0. The Morgan fingerprint density at radius 3 is 2.86 bits per heavy atom. The van der Waals surface area contributed by atoms with Gasteiger partial charge in [0, 0.05) is 0 Å². The van der Waals surface area contributed by atoms with Crippen LogP contribution in [0, 0.1) is 0 Å². The topological polar surface area (TPSA) is 108 Å². The smallest absolute Gasteiger partial charge is 0.326 e. The zero-order valence-corrected chi connectivity index (χ0v) is 7.52. The second-order valence-corrected chi connectivity index (χ2v) is 2.63. The standard InChI is InChI=1S/C7H10N4O3/c1-2-4(7(13)14)9-6(12)5-3-8-11-10-5/h3-4H,2H2,1H3,(H,9,12)(H,13,14)(H,8,10,11)/t4-/m0/s1. The van der Waals surface area contributed by atoms with Crippen LogP contribution in [-0.4, -0.2) is 38.4 Å². The second-order valence-electron chi connectivity index (χ2n) is 2.63. The van der Waals surface area contributed by atoms with Gasteiger partial charge in [-0.1, -0.05) is 6.92 Å². The number of aromatic amines is 1. The number of carbonyl (C=O) groups excluding carboxylic acids is 1. The van der Waals surface area contributed by atoms with Crippen LogP contribution in [-0.2, 0) is 4.79 Å². The van der Waals surface area contributed by atoms with Gasteiger partial charge in [0.05, 0.1) is 6.20 Å². The molecule has 76 valence electrons. The lowest BCUT2D eigenvalue weighted by atomic mass is 10.2. The highest BCUT2D eigenvalue weighted by Gasteiger charge is 2.19. The first-order valence-electron chi connectivity index (χ1n) is 4.04. The molecule has 0 unspecified atom stereocenters. The van der Waals surface area contributed by atoms with Gasteiger partial charge < -0.3 is 10.4 Å². The minimum atomic E-state index is -1.07. The summed E-state index contributed by atoms with van der Waals surface area (Å²) in [6.07, 6.45) is 1.54. The number of carboxylic acid groups (broad SMARTS) is 1. The van der Waals surface area contributed by atoms with Gasteiger partial charge in [0.25, 0.3) is 5.91 Å². The Balaban J connectivity index is 2.60. The van der Waals surface area contributed by atoms with Crippen molar-refractivity contribution in [3.05, 3.63) is 11.9 Å². The molecule has 0 aliphatic rings. The van der Waals surface area contributed by atoms with Gasteiger partial charge in [-0.05, 0) is 6.42 Å². The third-order valence-corrected chi connectivity index (χ3v) is 1.66. The monoisotopic (exact) mass is 198 g/mol. The van der Waals surface area contributed by atoms with Gasteiger partial charge in [0.15, 0.2) is 5.69 Å². The van der Waals surface area contributed by atoms with Crippen LogP contribution in [0.4, 0.5) is 0 Å². The van der Waals surface area contributed by atoms with Crippen molar-refractivity contribution < 1.29 is 14.7 Å². The van der Waals surface area contributed by atoms with E-state index in [-0.39, 0.29) is 5.69 Å². The zero-order chi connectivity index (χ0) is 10.6. The first-order chi connectivity index (χ1) is 6.65. The third kappa shape index (κ3) is 2.28. The van der Waals surface area contributed by atoms with Crippen LogP contribution in [0.15, 0.2) is 6.20 Å². The lowest BCUT2D eigenvalue weighted by molar-refractivity contribution is -0.139. The Morgan fingerprint density at radius 2 is 2.43 bits per heavy atom. The molecule has 1 atom stereocenters. The number of nitrogens with zero attached hydrogens (tertiary/aromatic N) is 2. The molecule has 0 fully saturated rings. The van der Waals surface area contributed by atoms with Gasteiger partial charge >= 0.3 is 5.97 Å². The summed E-state index contributed by atoms with van der Waals surface area (Å²) in [6.45, 7) is 1.67. The first-order valence-corrected chi connectivity index (χ1v) is 4.04. The number of rotatable bonds is 4. The Hall–Kier alpha value is -1.92. The second kappa shape index (κ2) is 4.35. The number of H-pyrrole nitrogens is 1. The Kier molecular flexibility index (Phi) is 3.16. The first kappa shape index (κ1) is 10.2. The number of hydrogen-bond acceptors (Lipinski definition) is 4. The van der Waals surface area contributed by atoms with Crippen LogP contribution < -0.4 is 5.32 Å². The van der Waals surface area contributed by atoms with E-state index in [9.17, 15) is 9.59 Å². The molecule has 1 aromatic heterocycles. The molecule has 1 rings (SSSR count). The maximum Gasteiger partial charge on any atom is 0.326 e. The molecule has 3 N–H and O–H groups in total. The van der Waals surface area contributed by atoms with Crippen LogP contribution >= 0.6 is 0 Å². The number of amides is 1. The van der Waals surface area contributed by atoms with Gasteiger partial charge in [-0.2, -0.15) is 15.4 Å². The third-order valence-electron chi connectivity index (χ3n) is 1.66. The minimum Gasteiger partial charge on any atom is -0.480 e. The summed E-state index contributed by atoms with van der Waals surface area (Å²) in [4.78, 5) is 21.9. The summed E-state index contributed by atoms with van der Waals surface area (Å²) >= 11 is 0. The fourth-order valence-electron chi connectivity index (χ4n) is 0.882. The molecule has 14 heavy (non-hydrogen) atoms. The van der Waals surface area contributed by atoms with E-state index in [4.69, 9.17) is 5.11 Å². The number of carboxylic acids is 1. The molecule has 7 heteroatoms. The molecule has 1 amide bonds. The highest BCUT2D eigenvalue weighted by molar-refractivity contribution is 5.94. The Morgan fingerprint density at radius 1 is 1.71 bits per heavy atom. The SMILES string of the molecule is CC[C@H](NC(=O)c1cn[nH]n1)C(=O)O. The summed E-state index contributed by atoms with van der Waals surface area (Å²) < 4.78 is 0. The average molecular weight is 198 g/mol. The minimum absolute atomic E-state index is 0.0738. The molecule has 7 nitrogen and oxygen atoms in total. The van der Waals surface area contributed by atoms with Crippen molar-refractivity contribution in [2.75, 3.05) is 0 Å². The van der Waals surface area contributed by atoms with Crippen molar-refractivity contribution in [2.45, 2.75) is 19.4 Å². The van der Waals surface area contributed by atoms with E-state index in [1.807, 2.05) is 0 Å². The van der Waals surface area contributed by atoms with Gasteiger partial charge in [-0.15, -0.1) is 0 Å². The molecule has 0 saturated heterocycles. The highest BCUT2D eigenvalue weighted by atomic mass is 16.4. The number of hydrogen-bond donors (Lipinski definition) is 3. The van der Waals surface area contributed by atoms with Crippen LogP contribution in [0.2, 0.25) is 0 Å². The van der Waals surface area contributed by atoms with Gasteiger partial charge in [0.2, 0.25) is 0 Å². The maximum absolute atomic E-state index is 11.3. The maximum atomic E-state index is 11.3. The summed E-state index contributed by atoms with van der Waals surface area (Å²) in [5, 5.41) is 20.2. The predicted octanol–water partition coefficient (Wildman–Crippen LogP) is -0.602. The molecule has 1 aromatic rings. The van der Waals surface area contributed by atoms with E-state index in [1.54, 1.807) is 6.92 Å². The number of aliphatic carboxylic acids is 1. The average Bonchev–Trinajstić information content (AvgIpc) is 2.65. The molecule has 0 aromatic carbocycles. The van der Waals surface area contributed by atoms with Crippen molar-refractivity contribution in [1.29, 1.82) is 0 Å². The van der Waals surface area contributed by atoms with Crippen LogP contribution in [0.3, 0.4) is 0 Å². The Bertz CT molecular complexity index is 322. The van der Waals surface area contributed by atoms with Crippen LogP contribution in [0.1, 0.15) is 23.8 Å². The lowest BCUT2D eigenvalue weighted by Crippen LogP contribution is -2.40. The molecule has 0 saturated carbocycles. The summed E-state index contributed by atoms with van der Waals surface area (Å²) in [6, 6.07) is -0.890. The molecule has 1 heterocycles. The lowest BCUT2D eigenvalue weighted by Gasteiger charge is -2.10. The fourth-order valence-corrected chi connectivity index (χ4v) is 0.882. The number of nitrogens with one attached hydrogen (secondary N) is 2. The van der Waals surface area contributed by atoms with Crippen LogP contribution in [0.25, 0.3) is 0 Å². The molecular weight excluding hydrogens is 188 g/mol. The summed E-state index contributed by atoms with van der Waals surface area (Å²) in [5.41, 5.74) is 0.0738.